The lowest BCUT2D eigenvalue weighted by Crippen LogP contribution is -2.30. The van der Waals surface area contributed by atoms with Crippen molar-refractivity contribution in [2.75, 3.05) is 20.6 Å². The Morgan fingerprint density at radius 2 is 1.93 bits per heavy atom. The molecular weight excluding hydrogens is 174 g/mol. The Balaban J connectivity index is 4.27. The molecule has 0 fully saturated rings. The molecule has 3 heteroatoms. The van der Waals surface area contributed by atoms with Gasteiger partial charge in [0.25, 0.3) is 0 Å². The van der Waals surface area contributed by atoms with Crippen molar-refractivity contribution in [2.45, 2.75) is 39.7 Å². The van der Waals surface area contributed by atoms with Crippen molar-refractivity contribution in [3.8, 4) is 0 Å². The van der Waals surface area contributed by atoms with Crippen LogP contribution in [0.4, 0.5) is 0 Å². The van der Waals surface area contributed by atoms with Gasteiger partial charge in [0, 0.05) is 13.0 Å². The summed E-state index contributed by atoms with van der Waals surface area (Å²) in [6, 6.07) is 0.330. The van der Waals surface area contributed by atoms with E-state index in [2.05, 4.69) is 44.8 Å². The summed E-state index contributed by atoms with van der Waals surface area (Å²) in [5.74, 6) is 1.35. The number of aliphatic imine (C=N–C) groups is 1. The zero-order valence-corrected chi connectivity index (χ0v) is 10.2. The van der Waals surface area contributed by atoms with E-state index in [0.29, 0.717) is 12.0 Å². The van der Waals surface area contributed by atoms with Crippen molar-refractivity contribution in [3.05, 3.63) is 0 Å². The standard InChI is InChI=1S/C11H25N3/c1-6-7-11(12)13-10(9(2)3)8-14(4)5/h9-10H,6-8H2,1-5H3,(H2,12,13). The predicted molar refractivity (Wildman–Crippen MR) is 63.7 cm³/mol. The van der Waals surface area contributed by atoms with E-state index in [1.54, 1.807) is 0 Å². The van der Waals surface area contributed by atoms with Crippen molar-refractivity contribution in [1.29, 1.82) is 0 Å². The number of amidine groups is 1. The molecule has 3 nitrogen and oxygen atoms in total. The van der Waals surface area contributed by atoms with Gasteiger partial charge in [-0.05, 0) is 26.4 Å². The summed E-state index contributed by atoms with van der Waals surface area (Å²) in [6.07, 6.45) is 1.98. The third kappa shape index (κ3) is 5.97. The molecule has 0 aromatic carbocycles. The van der Waals surface area contributed by atoms with Gasteiger partial charge in [-0.2, -0.15) is 0 Å². The maximum atomic E-state index is 5.83. The van der Waals surface area contributed by atoms with Gasteiger partial charge >= 0.3 is 0 Å². The Morgan fingerprint density at radius 1 is 1.36 bits per heavy atom. The monoisotopic (exact) mass is 199 g/mol. The van der Waals surface area contributed by atoms with Crippen LogP contribution < -0.4 is 5.73 Å². The van der Waals surface area contributed by atoms with Gasteiger partial charge in [-0.15, -0.1) is 0 Å². The van der Waals surface area contributed by atoms with Crippen molar-refractivity contribution in [2.24, 2.45) is 16.6 Å². The first-order valence-electron chi connectivity index (χ1n) is 5.44. The molecule has 2 N–H and O–H groups in total. The number of hydrogen-bond donors (Lipinski definition) is 1. The molecule has 0 amide bonds. The highest BCUT2D eigenvalue weighted by atomic mass is 15.1. The van der Waals surface area contributed by atoms with Gasteiger partial charge in [0.1, 0.15) is 0 Å². The number of nitrogens with zero attached hydrogens (tertiary/aromatic N) is 2. The maximum Gasteiger partial charge on any atom is 0.0941 e. The summed E-state index contributed by atoms with van der Waals surface area (Å²) in [5.41, 5.74) is 5.83. The molecule has 0 spiro atoms. The van der Waals surface area contributed by atoms with E-state index in [0.717, 1.165) is 25.2 Å². The zero-order valence-electron chi connectivity index (χ0n) is 10.2. The van der Waals surface area contributed by atoms with E-state index in [4.69, 9.17) is 5.73 Å². The van der Waals surface area contributed by atoms with E-state index < -0.39 is 0 Å². The lowest BCUT2D eigenvalue weighted by Gasteiger charge is -2.21. The largest absolute Gasteiger partial charge is 0.387 e. The highest BCUT2D eigenvalue weighted by Gasteiger charge is 2.13. The minimum atomic E-state index is 0.330. The molecule has 0 aliphatic heterocycles. The van der Waals surface area contributed by atoms with Crippen LogP contribution >= 0.6 is 0 Å². The molecule has 0 saturated carbocycles. The first kappa shape index (κ1) is 13.4. The molecule has 0 radical (unpaired) electrons. The van der Waals surface area contributed by atoms with Crippen LogP contribution in [0.3, 0.4) is 0 Å². The Morgan fingerprint density at radius 3 is 2.29 bits per heavy atom. The Bertz CT molecular complexity index is 173. The molecule has 0 aliphatic carbocycles. The van der Waals surface area contributed by atoms with Crippen molar-refractivity contribution in [1.82, 2.24) is 4.90 Å². The summed E-state index contributed by atoms with van der Waals surface area (Å²) >= 11 is 0. The molecule has 0 aromatic rings. The van der Waals surface area contributed by atoms with Crippen LogP contribution in [-0.4, -0.2) is 37.4 Å². The van der Waals surface area contributed by atoms with Gasteiger partial charge in [0.15, 0.2) is 0 Å². The third-order valence-electron chi connectivity index (χ3n) is 2.16. The number of likely N-dealkylation sites (N-methyl/N-ethyl adjacent to an activating group) is 1. The average molecular weight is 199 g/mol. The van der Waals surface area contributed by atoms with Gasteiger partial charge in [-0.25, -0.2) is 0 Å². The molecule has 0 saturated heterocycles. The van der Waals surface area contributed by atoms with E-state index in [9.17, 15) is 0 Å². The third-order valence-corrected chi connectivity index (χ3v) is 2.16. The average Bonchev–Trinajstić information content (AvgIpc) is 2.02. The van der Waals surface area contributed by atoms with Crippen LogP contribution in [0, 0.1) is 5.92 Å². The highest BCUT2D eigenvalue weighted by Crippen LogP contribution is 2.08. The normalized spacial score (nSPS) is 15.2. The summed E-state index contributed by atoms with van der Waals surface area (Å²) in [5, 5.41) is 0. The summed E-state index contributed by atoms with van der Waals surface area (Å²) in [7, 11) is 4.14. The van der Waals surface area contributed by atoms with Crippen LogP contribution in [0.25, 0.3) is 0 Å². The Hall–Kier alpha value is -0.570. The Labute approximate surface area is 88.4 Å². The van der Waals surface area contributed by atoms with Gasteiger partial charge < -0.3 is 10.6 Å². The first-order chi connectivity index (χ1) is 6.47. The number of hydrogen-bond acceptors (Lipinski definition) is 2. The van der Waals surface area contributed by atoms with E-state index in [1.807, 2.05) is 0 Å². The summed E-state index contributed by atoms with van der Waals surface area (Å²) < 4.78 is 0. The van der Waals surface area contributed by atoms with Crippen LogP contribution in [0.15, 0.2) is 4.99 Å². The molecule has 0 rings (SSSR count). The fourth-order valence-corrected chi connectivity index (χ4v) is 1.31. The van der Waals surface area contributed by atoms with Crippen LogP contribution in [0.2, 0.25) is 0 Å². The van der Waals surface area contributed by atoms with E-state index in [-0.39, 0.29) is 0 Å². The summed E-state index contributed by atoms with van der Waals surface area (Å²) in [4.78, 5) is 6.72. The summed E-state index contributed by atoms with van der Waals surface area (Å²) in [6.45, 7) is 7.48. The highest BCUT2D eigenvalue weighted by molar-refractivity contribution is 5.80. The van der Waals surface area contributed by atoms with Crippen molar-refractivity contribution < 1.29 is 0 Å². The molecule has 0 aliphatic rings. The lowest BCUT2D eigenvalue weighted by atomic mass is 10.0. The second kappa shape index (κ2) is 6.82. The van der Waals surface area contributed by atoms with E-state index >= 15 is 0 Å². The fourth-order valence-electron chi connectivity index (χ4n) is 1.31. The topological polar surface area (TPSA) is 41.6 Å². The fraction of sp³-hybridized carbons (Fsp3) is 0.909. The molecule has 14 heavy (non-hydrogen) atoms. The smallest absolute Gasteiger partial charge is 0.0941 e. The van der Waals surface area contributed by atoms with Gasteiger partial charge in [0.2, 0.25) is 0 Å². The Kier molecular flexibility index (Phi) is 6.54. The number of nitrogens with two attached hydrogens (primary N) is 1. The van der Waals surface area contributed by atoms with E-state index in [1.165, 1.54) is 0 Å². The minimum absolute atomic E-state index is 0.330. The quantitative estimate of drug-likeness (QED) is 0.523. The molecule has 1 unspecified atom stereocenters. The number of rotatable bonds is 6. The van der Waals surface area contributed by atoms with Crippen molar-refractivity contribution >= 4 is 5.84 Å². The van der Waals surface area contributed by atoms with Crippen molar-refractivity contribution in [3.63, 3.8) is 0 Å². The van der Waals surface area contributed by atoms with Crippen LogP contribution in [0.5, 0.6) is 0 Å². The molecule has 0 bridgehead atoms. The van der Waals surface area contributed by atoms with Gasteiger partial charge in [-0.1, -0.05) is 20.8 Å². The molecule has 84 valence electrons. The van der Waals surface area contributed by atoms with Crippen LogP contribution in [0.1, 0.15) is 33.6 Å². The SMILES string of the molecule is CCCC(N)=NC(CN(C)C)C(C)C. The van der Waals surface area contributed by atoms with Gasteiger partial charge in [0.05, 0.1) is 11.9 Å². The zero-order chi connectivity index (χ0) is 11.1. The second-order valence-corrected chi connectivity index (χ2v) is 4.44. The first-order valence-corrected chi connectivity index (χ1v) is 5.44. The second-order valence-electron chi connectivity index (χ2n) is 4.44. The molecule has 1 atom stereocenters. The molecule has 0 heterocycles. The van der Waals surface area contributed by atoms with Crippen LogP contribution in [-0.2, 0) is 0 Å². The maximum absolute atomic E-state index is 5.83. The lowest BCUT2D eigenvalue weighted by molar-refractivity contribution is 0.331. The minimum Gasteiger partial charge on any atom is -0.387 e. The predicted octanol–water partition coefficient (Wildman–Crippen LogP) is 1.73. The molecular formula is C11H25N3. The van der Waals surface area contributed by atoms with Gasteiger partial charge in [-0.3, -0.25) is 4.99 Å². The molecule has 0 aromatic heterocycles.